The molecule has 2 aliphatic rings. The van der Waals surface area contributed by atoms with Gasteiger partial charge in [0.2, 0.25) is 5.91 Å². The maximum absolute atomic E-state index is 12.1. The molecule has 0 aliphatic carbocycles. The minimum absolute atomic E-state index is 0.0102. The van der Waals surface area contributed by atoms with E-state index in [4.69, 9.17) is 4.74 Å². The molecule has 3 N–H and O–H groups in total. The van der Waals surface area contributed by atoms with E-state index in [1.54, 1.807) is 12.1 Å². The summed E-state index contributed by atoms with van der Waals surface area (Å²) in [5.41, 5.74) is 0.867. The van der Waals surface area contributed by atoms with Crippen LogP contribution < -0.4 is 15.4 Å². The van der Waals surface area contributed by atoms with Crippen LogP contribution >= 0.6 is 0 Å². The Morgan fingerprint density at radius 1 is 1.52 bits per heavy atom. The van der Waals surface area contributed by atoms with Gasteiger partial charge in [-0.15, -0.1) is 0 Å². The van der Waals surface area contributed by atoms with Gasteiger partial charge in [-0.25, -0.2) is 4.79 Å². The van der Waals surface area contributed by atoms with Crippen LogP contribution in [0.5, 0.6) is 5.75 Å². The quantitative estimate of drug-likeness (QED) is 0.780. The number of hydrogen-bond donors (Lipinski definition) is 3. The maximum atomic E-state index is 12.1. The fraction of sp³-hybridized carbons (Fsp3) is 0.500. The van der Waals surface area contributed by atoms with Crippen LogP contribution in [0.25, 0.3) is 0 Å². The molecule has 0 unspecified atom stereocenters. The first-order chi connectivity index (χ1) is 10.9. The van der Waals surface area contributed by atoms with Crippen LogP contribution in [0, 0.1) is 0 Å². The molecule has 0 bridgehead atoms. The van der Waals surface area contributed by atoms with Gasteiger partial charge in [-0.05, 0) is 19.9 Å². The highest BCUT2D eigenvalue weighted by atomic mass is 16.5. The van der Waals surface area contributed by atoms with E-state index in [0.29, 0.717) is 36.5 Å². The molecule has 23 heavy (non-hydrogen) atoms. The number of hydrogen-bond acceptors (Lipinski definition) is 5. The SMILES string of the molecule is CC1(C)C[C@H](O)c2cccc(NCC(=O)N3CCNC3=O)c2O1. The van der Waals surface area contributed by atoms with E-state index >= 15 is 0 Å². The fourth-order valence-corrected chi connectivity index (χ4v) is 2.94. The Morgan fingerprint density at radius 2 is 2.30 bits per heavy atom. The van der Waals surface area contributed by atoms with Crippen LogP contribution in [0.4, 0.5) is 10.5 Å². The molecule has 2 heterocycles. The Bertz CT molecular complexity index is 644. The zero-order valence-corrected chi connectivity index (χ0v) is 13.3. The second-order valence-corrected chi connectivity index (χ2v) is 6.44. The van der Waals surface area contributed by atoms with Gasteiger partial charge in [0, 0.05) is 25.1 Å². The molecule has 1 atom stereocenters. The average Bonchev–Trinajstić information content (AvgIpc) is 2.90. The number of fused-ring (bicyclic) bond motifs is 1. The number of carbonyl (C=O) groups excluding carboxylic acids is 2. The maximum Gasteiger partial charge on any atom is 0.324 e. The molecular formula is C16H21N3O4. The van der Waals surface area contributed by atoms with Crippen LogP contribution in [0.2, 0.25) is 0 Å². The van der Waals surface area contributed by atoms with Gasteiger partial charge in [0.15, 0.2) is 0 Å². The van der Waals surface area contributed by atoms with Crippen molar-refractivity contribution in [3.63, 3.8) is 0 Å². The van der Waals surface area contributed by atoms with Crippen molar-refractivity contribution in [2.24, 2.45) is 0 Å². The van der Waals surface area contributed by atoms with E-state index in [1.807, 2.05) is 19.9 Å². The Morgan fingerprint density at radius 3 is 3.00 bits per heavy atom. The Labute approximate surface area is 134 Å². The number of para-hydroxylation sites is 1. The van der Waals surface area contributed by atoms with Crippen LogP contribution in [-0.2, 0) is 4.79 Å². The highest BCUT2D eigenvalue weighted by molar-refractivity contribution is 5.97. The molecule has 1 aromatic carbocycles. The minimum atomic E-state index is -0.601. The van der Waals surface area contributed by atoms with Gasteiger partial charge in [0.1, 0.15) is 11.4 Å². The first kappa shape index (κ1) is 15.6. The smallest absolute Gasteiger partial charge is 0.324 e. The Kier molecular flexibility index (Phi) is 3.89. The molecule has 3 rings (SSSR count). The number of carbonyl (C=O) groups is 2. The molecular weight excluding hydrogens is 298 g/mol. The lowest BCUT2D eigenvalue weighted by Crippen LogP contribution is -2.38. The van der Waals surface area contributed by atoms with Gasteiger partial charge in [-0.1, -0.05) is 12.1 Å². The van der Waals surface area contributed by atoms with E-state index in [1.165, 1.54) is 4.90 Å². The summed E-state index contributed by atoms with van der Waals surface area (Å²) in [6, 6.07) is 5.05. The zero-order valence-electron chi connectivity index (χ0n) is 13.3. The molecule has 0 saturated carbocycles. The van der Waals surface area contributed by atoms with Crippen molar-refractivity contribution in [1.29, 1.82) is 0 Å². The predicted octanol–water partition coefficient (Wildman–Crippen LogP) is 1.24. The lowest BCUT2D eigenvalue weighted by Gasteiger charge is -2.36. The number of aliphatic hydroxyl groups is 1. The largest absolute Gasteiger partial charge is 0.485 e. The third kappa shape index (κ3) is 3.10. The highest BCUT2D eigenvalue weighted by Crippen LogP contribution is 2.43. The molecule has 7 heteroatoms. The summed E-state index contributed by atoms with van der Waals surface area (Å²) in [5.74, 6) is 0.267. The number of aliphatic hydroxyl groups excluding tert-OH is 1. The number of ether oxygens (including phenoxy) is 1. The number of amides is 3. The van der Waals surface area contributed by atoms with Crippen molar-refractivity contribution < 1.29 is 19.4 Å². The lowest BCUT2D eigenvalue weighted by molar-refractivity contribution is -0.125. The zero-order chi connectivity index (χ0) is 16.6. The van der Waals surface area contributed by atoms with E-state index < -0.39 is 11.7 Å². The number of nitrogens with zero attached hydrogens (tertiary/aromatic N) is 1. The third-order valence-electron chi connectivity index (χ3n) is 4.06. The lowest BCUT2D eigenvalue weighted by atomic mass is 9.91. The van der Waals surface area contributed by atoms with Crippen LogP contribution in [0.1, 0.15) is 31.9 Å². The van der Waals surface area contributed by atoms with Crippen LogP contribution in [-0.4, -0.2) is 47.2 Å². The molecule has 1 saturated heterocycles. The first-order valence-corrected chi connectivity index (χ1v) is 7.69. The molecule has 3 amide bonds. The van der Waals surface area contributed by atoms with Gasteiger partial charge < -0.3 is 20.5 Å². The van der Waals surface area contributed by atoms with Gasteiger partial charge in [-0.3, -0.25) is 9.69 Å². The Balaban J connectivity index is 1.75. The van der Waals surface area contributed by atoms with Gasteiger partial charge in [0.25, 0.3) is 0 Å². The summed E-state index contributed by atoms with van der Waals surface area (Å²) in [7, 11) is 0. The molecule has 0 radical (unpaired) electrons. The summed E-state index contributed by atoms with van der Waals surface area (Å²) in [6.07, 6.45) is -0.0911. The molecule has 2 aliphatic heterocycles. The van der Waals surface area contributed by atoms with Crippen molar-refractivity contribution >= 4 is 17.6 Å². The highest BCUT2D eigenvalue weighted by Gasteiger charge is 2.34. The van der Waals surface area contributed by atoms with Crippen molar-refractivity contribution in [2.75, 3.05) is 25.0 Å². The van der Waals surface area contributed by atoms with Crippen LogP contribution in [0.3, 0.4) is 0 Å². The molecule has 1 aromatic rings. The second kappa shape index (κ2) is 5.73. The topological polar surface area (TPSA) is 90.9 Å². The molecule has 7 nitrogen and oxygen atoms in total. The van der Waals surface area contributed by atoms with Gasteiger partial charge in [-0.2, -0.15) is 0 Å². The van der Waals surface area contributed by atoms with Crippen molar-refractivity contribution in [3.05, 3.63) is 23.8 Å². The van der Waals surface area contributed by atoms with Gasteiger partial charge >= 0.3 is 6.03 Å². The first-order valence-electron chi connectivity index (χ1n) is 7.69. The number of urea groups is 1. The normalized spacial score (nSPS) is 22.1. The van der Waals surface area contributed by atoms with Crippen molar-refractivity contribution in [1.82, 2.24) is 10.2 Å². The van der Waals surface area contributed by atoms with E-state index in [9.17, 15) is 14.7 Å². The molecule has 0 spiro atoms. The standard InChI is InChI=1S/C16H21N3O4/c1-16(2)8-12(20)10-4-3-5-11(14(10)23-16)18-9-13(21)19-7-6-17-15(19)22/h3-5,12,18,20H,6-9H2,1-2H3,(H,17,22)/t12-/m0/s1. The molecule has 0 aromatic heterocycles. The van der Waals surface area contributed by atoms with E-state index in [2.05, 4.69) is 10.6 Å². The van der Waals surface area contributed by atoms with Gasteiger partial charge in [0.05, 0.1) is 18.3 Å². The monoisotopic (exact) mass is 319 g/mol. The summed E-state index contributed by atoms with van der Waals surface area (Å²) >= 11 is 0. The summed E-state index contributed by atoms with van der Waals surface area (Å²) in [6.45, 7) is 4.68. The Hall–Kier alpha value is -2.28. The third-order valence-corrected chi connectivity index (χ3v) is 4.06. The van der Waals surface area contributed by atoms with E-state index in [0.717, 1.165) is 0 Å². The fourth-order valence-electron chi connectivity index (χ4n) is 2.94. The number of imide groups is 1. The van der Waals surface area contributed by atoms with Crippen molar-refractivity contribution in [2.45, 2.75) is 32.0 Å². The number of benzene rings is 1. The van der Waals surface area contributed by atoms with Crippen molar-refractivity contribution in [3.8, 4) is 5.75 Å². The second-order valence-electron chi connectivity index (χ2n) is 6.44. The summed E-state index contributed by atoms with van der Waals surface area (Å²) < 4.78 is 5.97. The number of anilines is 1. The summed E-state index contributed by atoms with van der Waals surface area (Å²) in [5, 5.41) is 15.9. The average molecular weight is 319 g/mol. The van der Waals surface area contributed by atoms with E-state index in [-0.39, 0.29) is 18.5 Å². The molecule has 1 fully saturated rings. The minimum Gasteiger partial charge on any atom is -0.485 e. The summed E-state index contributed by atoms with van der Waals surface area (Å²) in [4.78, 5) is 24.8. The number of nitrogens with one attached hydrogen (secondary N) is 2. The number of rotatable bonds is 3. The van der Waals surface area contributed by atoms with Crippen LogP contribution in [0.15, 0.2) is 18.2 Å². The molecule has 124 valence electrons. The predicted molar refractivity (Wildman–Crippen MR) is 84.3 cm³/mol.